The quantitative estimate of drug-likeness (QED) is 0.276. The second-order valence-corrected chi connectivity index (χ2v) is 9.60. The molecular formula is C28H22O10. The number of aliphatic hydroxyl groups excluding tert-OH is 2. The van der Waals surface area contributed by atoms with Gasteiger partial charge in [0.2, 0.25) is 11.6 Å². The molecule has 0 radical (unpaired) electrons. The molecule has 4 atom stereocenters. The van der Waals surface area contributed by atoms with Crippen LogP contribution in [0.5, 0.6) is 34.5 Å². The summed E-state index contributed by atoms with van der Waals surface area (Å²) in [6.45, 7) is 0. The first-order valence-electron chi connectivity index (χ1n) is 11.8. The molecule has 1 aliphatic carbocycles. The number of Topliss-reactive ketones (excluding diaryl/α,β-unsaturated/α-hetero) is 1. The predicted octanol–water partition coefficient (Wildman–Crippen LogP) is 2.06. The van der Waals surface area contributed by atoms with Crippen molar-refractivity contribution in [3.05, 3.63) is 76.4 Å². The fraction of sp³-hybridized carbons (Fsp3) is 0.214. The molecule has 0 bridgehead atoms. The number of aromatic hydroxyl groups is 4. The lowest BCUT2D eigenvalue weighted by molar-refractivity contribution is -0.111. The van der Waals surface area contributed by atoms with Crippen molar-refractivity contribution in [2.75, 3.05) is 0 Å². The standard InChI is InChI=1S/C28H22O10/c29-12-4-19(31)17-9-22(34)27(37-24(17)6-12)11-1-2-14-15(3-11)16(8-21(33)26(14)36)28-23(35)10-18-20(32)5-13(30)7-25(18)38-28/h1-8,22-23,27-32,34-35H,9-10H2/t22-,23-,27-,28-/m1/s1. The Bertz CT molecular complexity index is 1560. The summed E-state index contributed by atoms with van der Waals surface area (Å²) in [5.74, 6) is -2.14. The highest BCUT2D eigenvalue weighted by atomic mass is 16.5. The van der Waals surface area contributed by atoms with Crippen molar-refractivity contribution in [1.29, 1.82) is 0 Å². The molecule has 0 fully saturated rings. The summed E-state index contributed by atoms with van der Waals surface area (Å²) < 4.78 is 11.9. The van der Waals surface area contributed by atoms with E-state index in [9.17, 15) is 40.2 Å². The van der Waals surface area contributed by atoms with Crippen LogP contribution in [-0.2, 0) is 17.6 Å². The highest BCUT2D eigenvalue weighted by Gasteiger charge is 2.39. The maximum absolute atomic E-state index is 12.7. The van der Waals surface area contributed by atoms with Crippen LogP contribution in [0.2, 0.25) is 0 Å². The molecule has 0 aromatic heterocycles. The summed E-state index contributed by atoms with van der Waals surface area (Å²) in [7, 11) is 0. The highest BCUT2D eigenvalue weighted by molar-refractivity contribution is 6.50. The van der Waals surface area contributed by atoms with Crippen molar-refractivity contribution in [2.45, 2.75) is 37.3 Å². The van der Waals surface area contributed by atoms with Gasteiger partial charge in [-0.15, -0.1) is 0 Å². The number of fused-ring (bicyclic) bond motifs is 3. The number of ketones is 2. The van der Waals surface area contributed by atoms with Gasteiger partial charge in [0, 0.05) is 59.4 Å². The van der Waals surface area contributed by atoms with Gasteiger partial charge in [0.25, 0.3) is 0 Å². The predicted molar refractivity (Wildman–Crippen MR) is 131 cm³/mol. The van der Waals surface area contributed by atoms with E-state index in [0.717, 1.165) is 18.2 Å². The van der Waals surface area contributed by atoms with Crippen molar-refractivity contribution in [3.63, 3.8) is 0 Å². The number of phenols is 4. The Morgan fingerprint density at radius 1 is 0.684 bits per heavy atom. The van der Waals surface area contributed by atoms with Gasteiger partial charge < -0.3 is 40.1 Å². The number of carbonyl (C=O) groups excluding carboxylic acids is 2. The average molecular weight is 518 g/mol. The Hall–Kier alpha value is -4.54. The molecule has 38 heavy (non-hydrogen) atoms. The third kappa shape index (κ3) is 3.73. The van der Waals surface area contributed by atoms with Gasteiger partial charge in [0.05, 0.1) is 12.2 Å². The van der Waals surface area contributed by atoms with Gasteiger partial charge in [-0.1, -0.05) is 6.07 Å². The van der Waals surface area contributed by atoms with Crippen LogP contribution in [0.15, 0.2) is 48.5 Å². The largest absolute Gasteiger partial charge is 0.508 e. The molecule has 10 heteroatoms. The van der Waals surface area contributed by atoms with Crippen LogP contribution < -0.4 is 9.47 Å². The number of allylic oxidation sites excluding steroid dienone is 1. The van der Waals surface area contributed by atoms with Crippen molar-refractivity contribution in [1.82, 2.24) is 0 Å². The summed E-state index contributed by atoms with van der Waals surface area (Å²) in [6.07, 6.45) is -3.22. The summed E-state index contributed by atoms with van der Waals surface area (Å²) in [4.78, 5) is 25.3. The number of benzene rings is 3. The first-order valence-corrected chi connectivity index (χ1v) is 11.8. The minimum absolute atomic E-state index is 0.0329. The normalized spacial score (nSPS) is 23.9. The summed E-state index contributed by atoms with van der Waals surface area (Å²) in [5.41, 5.74) is 1.67. The molecule has 6 rings (SSSR count). The summed E-state index contributed by atoms with van der Waals surface area (Å²) in [6, 6.07) is 9.44. The first-order chi connectivity index (χ1) is 18.1. The number of hydrogen-bond acceptors (Lipinski definition) is 10. The van der Waals surface area contributed by atoms with Crippen LogP contribution in [0.25, 0.3) is 5.57 Å². The van der Waals surface area contributed by atoms with Crippen LogP contribution in [0.3, 0.4) is 0 Å². The number of carbonyl (C=O) groups is 2. The number of phenolic OH excluding ortho intramolecular Hbond substituents is 4. The van der Waals surface area contributed by atoms with E-state index in [1.807, 2.05) is 0 Å². The zero-order valence-electron chi connectivity index (χ0n) is 19.7. The Kier molecular flexibility index (Phi) is 5.33. The lowest BCUT2D eigenvalue weighted by atomic mass is 9.81. The second-order valence-electron chi connectivity index (χ2n) is 9.60. The van der Waals surface area contributed by atoms with E-state index >= 15 is 0 Å². The number of hydrogen-bond donors (Lipinski definition) is 6. The Morgan fingerprint density at radius 3 is 1.84 bits per heavy atom. The Balaban J connectivity index is 1.41. The molecule has 0 unspecified atom stereocenters. The third-order valence-electron chi connectivity index (χ3n) is 7.12. The van der Waals surface area contributed by atoms with E-state index in [0.29, 0.717) is 22.3 Å². The average Bonchev–Trinajstić information content (AvgIpc) is 2.86. The topological polar surface area (TPSA) is 174 Å². The van der Waals surface area contributed by atoms with E-state index in [2.05, 4.69) is 0 Å². The van der Waals surface area contributed by atoms with Crippen LogP contribution in [-0.4, -0.2) is 60.5 Å². The summed E-state index contributed by atoms with van der Waals surface area (Å²) in [5, 5.41) is 61.8. The van der Waals surface area contributed by atoms with E-state index in [1.54, 1.807) is 6.07 Å². The second kappa shape index (κ2) is 8.51. The van der Waals surface area contributed by atoms with Gasteiger partial charge in [-0.2, -0.15) is 0 Å². The lowest BCUT2D eigenvalue weighted by Gasteiger charge is -2.35. The smallest absolute Gasteiger partial charge is 0.233 e. The maximum Gasteiger partial charge on any atom is 0.233 e. The molecule has 2 aliphatic heterocycles. The van der Waals surface area contributed by atoms with Gasteiger partial charge >= 0.3 is 0 Å². The zero-order valence-corrected chi connectivity index (χ0v) is 19.7. The molecule has 0 saturated carbocycles. The molecule has 3 aliphatic rings. The van der Waals surface area contributed by atoms with Crippen LogP contribution >= 0.6 is 0 Å². The van der Waals surface area contributed by atoms with Gasteiger partial charge in [-0.3, -0.25) is 9.59 Å². The molecule has 194 valence electrons. The molecular weight excluding hydrogens is 496 g/mol. The Morgan fingerprint density at radius 2 is 1.24 bits per heavy atom. The molecule has 0 spiro atoms. The number of aliphatic hydroxyl groups is 2. The van der Waals surface area contributed by atoms with Gasteiger partial charge in [0.15, 0.2) is 6.10 Å². The molecule has 10 nitrogen and oxygen atoms in total. The zero-order chi connectivity index (χ0) is 26.9. The monoisotopic (exact) mass is 518 g/mol. The minimum Gasteiger partial charge on any atom is -0.508 e. The van der Waals surface area contributed by atoms with Gasteiger partial charge in [-0.25, -0.2) is 0 Å². The van der Waals surface area contributed by atoms with Crippen molar-refractivity contribution in [3.8, 4) is 34.5 Å². The van der Waals surface area contributed by atoms with Crippen LogP contribution in [0.4, 0.5) is 0 Å². The number of ether oxygens (including phenoxy) is 2. The van der Waals surface area contributed by atoms with E-state index < -0.39 is 36.0 Å². The van der Waals surface area contributed by atoms with Crippen molar-refractivity contribution >= 4 is 17.1 Å². The highest BCUT2D eigenvalue weighted by Crippen LogP contribution is 2.44. The fourth-order valence-electron chi connectivity index (χ4n) is 5.31. The van der Waals surface area contributed by atoms with E-state index in [4.69, 9.17) is 9.47 Å². The lowest BCUT2D eigenvalue weighted by Crippen LogP contribution is -2.40. The van der Waals surface area contributed by atoms with Crippen LogP contribution in [0, 0.1) is 0 Å². The Labute approximate surface area is 215 Å². The van der Waals surface area contributed by atoms with Crippen molar-refractivity contribution < 1.29 is 49.7 Å². The molecule has 2 heterocycles. The molecule has 3 aromatic rings. The minimum atomic E-state index is -1.20. The van der Waals surface area contributed by atoms with Gasteiger partial charge in [-0.05, 0) is 29.3 Å². The molecule has 3 aromatic carbocycles. The van der Waals surface area contributed by atoms with E-state index in [1.165, 1.54) is 24.3 Å². The SMILES string of the molecule is O=C1C=C([C@H]2Oc3cc(O)cc(O)c3C[C@H]2O)c2cc([C@H]3Oc4cc(O)cc(O)c4C[C@H]3O)ccc2C1=O. The molecule has 0 saturated heterocycles. The fourth-order valence-corrected chi connectivity index (χ4v) is 5.31. The van der Waals surface area contributed by atoms with E-state index in [-0.39, 0.29) is 58.5 Å². The first kappa shape index (κ1) is 23.8. The van der Waals surface area contributed by atoms with Gasteiger partial charge in [0.1, 0.15) is 40.6 Å². The molecule has 6 N–H and O–H groups in total. The number of rotatable bonds is 2. The molecule has 0 amide bonds. The van der Waals surface area contributed by atoms with Crippen LogP contribution in [0.1, 0.15) is 38.7 Å². The summed E-state index contributed by atoms with van der Waals surface area (Å²) >= 11 is 0. The third-order valence-corrected chi connectivity index (χ3v) is 7.12. The maximum atomic E-state index is 12.7. The van der Waals surface area contributed by atoms with Crippen molar-refractivity contribution in [2.24, 2.45) is 0 Å².